The number of phosphoric ester groups is 1. The van der Waals surface area contributed by atoms with Crippen molar-refractivity contribution in [2.24, 2.45) is 0 Å². The summed E-state index contributed by atoms with van der Waals surface area (Å²) in [5.74, 6) is -0.791. The van der Waals surface area contributed by atoms with E-state index in [4.69, 9.17) is 18.5 Å². The minimum atomic E-state index is -4.37. The van der Waals surface area contributed by atoms with Crippen LogP contribution in [0, 0.1) is 0 Å². The van der Waals surface area contributed by atoms with E-state index in [2.05, 4.69) is 62.5 Å². The molecule has 0 aliphatic heterocycles. The molecule has 0 aromatic rings. The van der Waals surface area contributed by atoms with Gasteiger partial charge in [-0.25, -0.2) is 4.57 Å². The summed E-state index contributed by atoms with van der Waals surface area (Å²) in [6.45, 7) is 4.31. The number of carbonyl (C=O) groups excluding carboxylic acids is 2. The topological polar surface area (TPSA) is 108 Å². The lowest BCUT2D eigenvalue weighted by molar-refractivity contribution is -0.870. The zero-order valence-corrected chi connectivity index (χ0v) is 46.7. The normalized spacial score (nSPS) is 13.7. The van der Waals surface area contributed by atoms with Gasteiger partial charge in [0.2, 0.25) is 0 Å². The SMILES string of the molecule is CC/C=C\C/C=C\C/C=C\C/C=C\CCCCCCCCCCCCCCCCCCCCCCCCCCC(=O)OC(COC(=O)CCCCCCCCCC)COP(=O)(O)OCC[N+](C)(C)C. The van der Waals surface area contributed by atoms with Gasteiger partial charge in [0.15, 0.2) is 6.10 Å². The van der Waals surface area contributed by atoms with Crippen molar-refractivity contribution in [1.29, 1.82) is 0 Å². The van der Waals surface area contributed by atoms with Gasteiger partial charge in [0.25, 0.3) is 0 Å². The van der Waals surface area contributed by atoms with Crippen molar-refractivity contribution in [2.45, 2.75) is 270 Å². The highest BCUT2D eigenvalue weighted by atomic mass is 31.2. The molecule has 0 radical (unpaired) electrons. The Bertz CT molecular complexity index is 1310. The molecular formula is C59H111NO8P+. The number of phosphoric acid groups is 1. The molecule has 0 rings (SSSR count). The molecule has 0 aliphatic carbocycles. The van der Waals surface area contributed by atoms with Crippen molar-refractivity contribution in [3.05, 3.63) is 48.6 Å². The zero-order chi connectivity index (χ0) is 50.6. The Kier molecular flexibility index (Phi) is 49.4. The zero-order valence-electron chi connectivity index (χ0n) is 45.8. The van der Waals surface area contributed by atoms with Crippen molar-refractivity contribution in [3.8, 4) is 0 Å². The molecule has 0 saturated heterocycles. The standard InChI is InChI=1S/C59H110NO8P/c1-6-8-10-12-14-16-17-18-19-20-21-22-23-24-25-26-27-28-29-30-31-32-33-34-35-36-37-38-39-40-41-42-43-44-46-48-50-52-59(62)68-57(56-67-69(63,64)66-54-53-60(3,4)5)55-65-58(61)51-49-47-45-15-13-11-9-7-2/h8,10,14,16,18-19,21-22,57H,6-7,9,11-13,15,17,20,23-56H2,1-5H3/p+1/b10-8-,16-14-,19-18-,22-21-. The van der Waals surface area contributed by atoms with Crippen LogP contribution >= 0.6 is 7.82 Å². The molecule has 10 heteroatoms. The van der Waals surface area contributed by atoms with Crippen LogP contribution in [0.4, 0.5) is 0 Å². The van der Waals surface area contributed by atoms with Gasteiger partial charge in [-0.2, -0.15) is 0 Å². The number of rotatable bonds is 53. The maximum absolute atomic E-state index is 12.7. The van der Waals surface area contributed by atoms with Crippen LogP contribution in [-0.2, 0) is 32.7 Å². The molecule has 1 N–H and O–H groups in total. The summed E-state index contributed by atoms with van der Waals surface area (Å²) in [5.41, 5.74) is 0. The lowest BCUT2D eigenvalue weighted by atomic mass is 10.0. The van der Waals surface area contributed by atoms with E-state index < -0.39 is 26.5 Å². The fourth-order valence-electron chi connectivity index (χ4n) is 8.19. The number of likely N-dealkylation sites (N-methyl/N-ethyl adjacent to an activating group) is 1. The van der Waals surface area contributed by atoms with Crippen LogP contribution in [0.3, 0.4) is 0 Å². The molecule has 0 bridgehead atoms. The molecule has 0 aromatic carbocycles. The van der Waals surface area contributed by atoms with Gasteiger partial charge in [0.05, 0.1) is 27.7 Å². The molecular weight excluding hydrogens is 882 g/mol. The quantitative estimate of drug-likeness (QED) is 0.0211. The number of unbranched alkanes of at least 4 members (excludes halogenated alkanes) is 31. The Morgan fingerprint density at radius 2 is 0.826 bits per heavy atom. The van der Waals surface area contributed by atoms with Gasteiger partial charge in [-0.3, -0.25) is 18.6 Å². The third-order valence-corrected chi connectivity index (χ3v) is 13.6. The summed E-state index contributed by atoms with van der Waals surface area (Å²) in [4.78, 5) is 35.4. The second-order valence-corrected chi connectivity index (χ2v) is 22.1. The fourth-order valence-corrected chi connectivity index (χ4v) is 8.93. The van der Waals surface area contributed by atoms with Crippen LogP contribution in [0.2, 0.25) is 0 Å². The maximum atomic E-state index is 12.7. The van der Waals surface area contributed by atoms with E-state index in [1.807, 2.05) is 21.1 Å². The summed E-state index contributed by atoms with van der Waals surface area (Å²) in [6.07, 6.45) is 63.7. The molecule has 0 aromatic heterocycles. The number of hydrogen-bond acceptors (Lipinski definition) is 7. The Morgan fingerprint density at radius 1 is 0.464 bits per heavy atom. The monoisotopic (exact) mass is 993 g/mol. The number of quaternary nitrogens is 1. The first kappa shape index (κ1) is 67.0. The number of esters is 2. The lowest BCUT2D eigenvalue weighted by Crippen LogP contribution is -2.37. The van der Waals surface area contributed by atoms with Gasteiger partial charge in [-0.05, 0) is 51.4 Å². The first-order valence-corrected chi connectivity index (χ1v) is 30.4. The third kappa shape index (κ3) is 55.1. The molecule has 0 spiro atoms. The van der Waals surface area contributed by atoms with Crippen molar-refractivity contribution in [1.82, 2.24) is 0 Å². The number of nitrogens with zero attached hydrogens (tertiary/aromatic N) is 1. The Labute approximate surface area is 426 Å². The smallest absolute Gasteiger partial charge is 0.462 e. The van der Waals surface area contributed by atoms with E-state index in [0.29, 0.717) is 23.9 Å². The molecule has 404 valence electrons. The minimum absolute atomic E-state index is 0.0342. The van der Waals surface area contributed by atoms with Crippen molar-refractivity contribution in [3.63, 3.8) is 0 Å². The average Bonchev–Trinajstić information content (AvgIpc) is 3.31. The molecule has 2 atom stereocenters. The van der Waals surface area contributed by atoms with Crippen LogP contribution in [0.5, 0.6) is 0 Å². The Hall–Kier alpha value is -2.03. The summed E-state index contributed by atoms with van der Waals surface area (Å²) >= 11 is 0. The van der Waals surface area contributed by atoms with Crippen LogP contribution in [-0.4, -0.2) is 74.9 Å². The van der Waals surface area contributed by atoms with E-state index >= 15 is 0 Å². The molecule has 9 nitrogen and oxygen atoms in total. The molecule has 0 amide bonds. The highest BCUT2D eigenvalue weighted by Gasteiger charge is 2.27. The van der Waals surface area contributed by atoms with Crippen molar-refractivity contribution < 1.29 is 42.1 Å². The fraction of sp³-hybridized carbons (Fsp3) is 0.831. The van der Waals surface area contributed by atoms with Crippen LogP contribution in [0.15, 0.2) is 48.6 Å². The highest BCUT2D eigenvalue weighted by molar-refractivity contribution is 7.47. The van der Waals surface area contributed by atoms with Gasteiger partial charge in [-0.15, -0.1) is 0 Å². The van der Waals surface area contributed by atoms with E-state index in [1.54, 1.807) is 0 Å². The molecule has 2 unspecified atom stereocenters. The summed E-state index contributed by atoms with van der Waals surface area (Å²) in [5, 5.41) is 0. The number of carbonyl (C=O) groups is 2. The van der Waals surface area contributed by atoms with E-state index in [0.717, 1.165) is 57.8 Å². The molecule has 69 heavy (non-hydrogen) atoms. The van der Waals surface area contributed by atoms with Crippen LogP contribution in [0.25, 0.3) is 0 Å². The predicted molar refractivity (Wildman–Crippen MR) is 293 cm³/mol. The summed E-state index contributed by atoms with van der Waals surface area (Å²) < 4.78 is 34.4. The van der Waals surface area contributed by atoms with E-state index in [9.17, 15) is 19.0 Å². The maximum Gasteiger partial charge on any atom is 0.472 e. The molecule has 0 aliphatic rings. The van der Waals surface area contributed by atoms with Gasteiger partial charge >= 0.3 is 19.8 Å². The lowest BCUT2D eigenvalue weighted by Gasteiger charge is -2.24. The Morgan fingerprint density at radius 3 is 1.23 bits per heavy atom. The van der Waals surface area contributed by atoms with Crippen LogP contribution < -0.4 is 0 Å². The van der Waals surface area contributed by atoms with Gasteiger partial charge in [0, 0.05) is 12.8 Å². The van der Waals surface area contributed by atoms with Gasteiger partial charge in [0.1, 0.15) is 19.8 Å². The van der Waals surface area contributed by atoms with Crippen LogP contribution in [0.1, 0.15) is 264 Å². The van der Waals surface area contributed by atoms with Gasteiger partial charge < -0.3 is 18.9 Å². The average molecular weight is 994 g/mol. The Balaban J connectivity index is 3.83. The number of ether oxygens (including phenoxy) is 2. The summed E-state index contributed by atoms with van der Waals surface area (Å²) in [7, 11) is 1.49. The summed E-state index contributed by atoms with van der Waals surface area (Å²) in [6, 6.07) is 0. The number of hydrogen-bond donors (Lipinski definition) is 1. The minimum Gasteiger partial charge on any atom is -0.462 e. The predicted octanol–water partition coefficient (Wildman–Crippen LogP) is 17.8. The second kappa shape index (κ2) is 50.9. The largest absolute Gasteiger partial charge is 0.472 e. The molecule has 0 heterocycles. The van der Waals surface area contributed by atoms with Crippen molar-refractivity contribution in [2.75, 3.05) is 47.5 Å². The second-order valence-electron chi connectivity index (χ2n) is 20.7. The third-order valence-electron chi connectivity index (χ3n) is 12.6. The van der Waals surface area contributed by atoms with E-state index in [-0.39, 0.29) is 25.6 Å². The first-order chi connectivity index (χ1) is 33.5. The van der Waals surface area contributed by atoms with Gasteiger partial charge in [-0.1, -0.05) is 249 Å². The molecule has 0 fully saturated rings. The number of allylic oxidation sites excluding steroid dienone is 8. The highest BCUT2D eigenvalue weighted by Crippen LogP contribution is 2.43. The van der Waals surface area contributed by atoms with E-state index in [1.165, 1.54) is 173 Å². The molecule has 0 saturated carbocycles. The first-order valence-electron chi connectivity index (χ1n) is 28.9. The van der Waals surface area contributed by atoms with Crippen molar-refractivity contribution >= 4 is 19.8 Å².